The lowest BCUT2D eigenvalue weighted by Gasteiger charge is -2.06. The Balaban J connectivity index is 1.72. The molecule has 0 amide bonds. The van der Waals surface area contributed by atoms with Crippen LogP contribution in [0.1, 0.15) is 46.5 Å². The minimum atomic E-state index is -0.117. The zero-order valence-corrected chi connectivity index (χ0v) is 12.9. The molecule has 1 fully saturated rings. The fraction of sp³-hybridized carbons (Fsp3) is 0.500. The molecule has 0 atom stereocenters. The average Bonchev–Trinajstić information content (AvgIpc) is 3.12. The molecule has 0 radical (unpaired) electrons. The Morgan fingerprint density at radius 2 is 2.24 bits per heavy atom. The summed E-state index contributed by atoms with van der Waals surface area (Å²) >= 11 is 1.39. The number of nitrogens with zero attached hydrogens (tertiary/aromatic N) is 3. The second-order valence-corrected chi connectivity index (χ2v) is 6.30. The molecule has 2 heterocycles. The van der Waals surface area contributed by atoms with Gasteiger partial charge in [0.15, 0.2) is 16.8 Å². The summed E-state index contributed by atoms with van der Waals surface area (Å²) in [6.07, 6.45) is 2.17. The highest BCUT2D eigenvalue weighted by Crippen LogP contribution is 2.38. The summed E-state index contributed by atoms with van der Waals surface area (Å²) in [5, 5.41) is 18.1. The van der Waals surface area contributed by atoms with Gasteiger partial charge >= 0.3 is 0 Å². The number of ketones is 1. The van der Waals surface area contributed by atoms with Gasteiger partial charge in [0, 0.05) is 23.0 Å². The molecular weight excluding hydrogens is 288 g/mol. The first-order valence-electron chi connectivity index (χ1n) is 6.97. The third kappa shape index (κ3) is 2.89. The standard InChI is InChI=1S/C14H18N4O2S/c1-8-5-11(9(2)15-8)12(20)7-21-14-17-16-13(6-19)18(14)10-3-4-10/h5,10,15,19H,3-4,6-7H2,1-2H3. The highest BCUT2D eigenvalue weighted by atomic mass is 32.2. The van der Waals surface area contributed by atoms with Crippen LogP contribution >= 0.6 is 11.8 Å². The highest BCUT2D eigenvalue weighted by Gasteiger charge is 2.29. The number of carbonyl (C=O) groups is 1. The van der Waals surface area contributed by atoms with Crippen LogP contribution in [0.25, 0.3) is 0 Å². The van der Waals surface area contributed by atoms with Gasteiger partial charge in [-0.1, -0.05) is 11.8 Å². The second kappa shape index (κ2) is 5.65. The van der Waals surface area contributed by atoms with E-state index >= 15 is 0 Å². The number of hydrogen-bond acceptors (Lipinski definition) is 5. The predicted molar refractivity (Wildman–Crippen MR) is 79.5 cm³/mol. The summed E-state index contributed by atoms with van der Waals surface area (Å²) in [7, 11) is 0. The van der Waals surface area contributed by atoms with Gasteiger partial charge in [-0.25, -0.2) is 0 Å². The molecule has 0 aromatic carbocycles. The lowest BCUT2D eigenvalue weighted by molar-refractivity contribution is 0.102. The minimum absolute atomic E-state index is 0.0812. The summed E-state index contributed by atoms with van der Waals surface area (Å²) in [5.41, 5.74) is 2.63. The number of H-pyrrole nitrogens is 1. The van der Waals surface area contributed by atoms with Crippen molar-refractivity contribution in [3.05, 3.63) is 28.8 Å². The molecule has 0 saturated heterocycles. The number of aliphatic hydroxyl groups is 1. The maximum absolute atomic E-state index is 12.3. The van der Waals surface area contributed by atoms with Crippen molar-refractivity contribution >= 4 is 17.5 Å². The van der Waals surface area contributed by atoms with Crippen LogP contribution in [0.4, 0.5) is 0 Å². The lowest BCUT2D eigenvalue weighted by atomic mass is 10.2. The van der Waals surface area contributed by atoms with Gasteiger partial charge in [0.25, 0.3) is 0 Å². The van der Waals surface area contributed by atoms with Crippen LogP contribution in [0.2, 0.25) is 0 Å². The monoisotopic (exact) mass is 306 g/mol. The predicted octanol–water partition coefficient (Wildman–Crippen LogP) is 2.03. The van der Waals surface area contributed by atoms with Crippen molar-refractivity contribution in [2.24, 2.45) is 0 Å². The summed E-state index contributed by atoms with van der Waals surface area (Å²) in [4.78, 5) is 15.4. The fourth-order valence-corrected chi connectivity index (χ4v) is 3.34. The zero-order valence-electron chi connectivity index (χ0n) is 12.1. The molecule has 1 saturated carbocycles. The Morgan fingerprint density at radius 1 is 1.48 bits per heavy atom. The van der Waals surface area contributed by atoms with Gasteiger partial charge in [-0.05, 0) is 32.8 Å². The molecular formula is C14H18N4O2S. The number of aromatic nitrogens is 4. The number of rotatable bonds is 6. The zero-order chi connectivity index (χ0) is 15.0. The number of thioether (sulfide) groups is 1. The van der Waals surface area contributed by atoms with Crippen molar-refractivity contribution in [2.75, 3.05) is 5.75 Å². The normalized spacial score (nSPS) is 14.6. The lowest BCUT2D eigenvalue weighted by Crippen LogP contribution is -2.06. The van der Waals surface area contributed by atoms with E-state index in [0.717, 1.165) is 34.9 Å². The molecule has 2 aromatic heterocycles. The molecule has 1 aliphatic rings. The van der Waals surface area contributed by atoms with Gasteiger partial charge in [-0.2, -0.15) is 0 Å². The van der Waals surface area contributed by atoms with Crippen molar-refractivity contribution in [3.63, 3.8) is 0 Å². The van der Waals surface area contributed by atoms with Crippen LogP contribution < -0.4 is 0 Å². The van der Waals surface area contributed by atoms with E-state index in [-0.39, 0.29) is 12.4 Å². The van der Waals surface area contributed by atoms with Crippen molar-refractivity contribution in [2.45, 2.75) is 44.5 Å². The summed E-state index contributed by atoms with van der Waals surface area (Å²) in [6, 6.07) is 2.26. The SMILES string of the molecule is Cc1cc(C(=O)CSc2nnc(CO)n2C2CC2)c(C)[nH]1. The van der Waals surface area contributed by atoms with Crippen LogP contribution in [0.3, 0.4) is 0 Å². The molecule has 0 aliphatic heterocycles. The maximum Gasteiger partial charge on any atom is 0.191 e. The van der Waals surface area contributed by atoms with Crippen LogP contribution in [-0.4, -0.2) is 36.4 Å². The largest absolute Gasteiger partial charge is 0.388 e. The molecule has 1 aliphatic carbocycles. The first-order chi connectivity index (χ1) is 10.1. The number of carbonyl (C=O) groups excluding carboxylic acids is 1. The Morgan fingerprint density at radius 3 is 2.81 bits per heavy atom. The smallest absolute Gasteiger partial charge is 0.191 e. The Kier molecular flexibility index (Phi) is 3.86. The van der Waals surface area contributed by atoms with Crippen molar-refractivity contribution < 1.29 is 9.90 Å². The van der Waals surface area contributed by atoms with Crippen LogP contribution in [0.5, 0.6) is 0 Å². The first-order valence-corrected chi connectivity index (χ1v) is 7.95. The van der Waals surface area contributed by atoms with E-state index in [1.807, 2.05) is 24.5 Å². The molecule has 0 bridgehead atoms. The third-order valence-corrected chi connectivity index (χ3v) is 4.51. The number of aromatic amines is 1. The number of Topliss-reactive ketones (excluding diaryl/α,β-unsaturated/α-hetero) is 1. The van der Waals surface area contributed by atoms with E-state index in [1.165, 1.54) is 11.8 Å². The fourth-order valence-electron chi connectivity index (χ4n) is 2.43. The van der Waals surface area contributed by atoms with E-state index in [0.29, 0.717) is 17.6 Å². The third-order valence-electron chi connectivity index (χ3n) is 3.57. The van der Waals surface area contributed by atoms with Crippen LogP contribution in [0.15, 0.2) is 11.2 Å². The van der Waals surface area contributed by atoms with Gasteiger partial charge in [0.05, 0.1) is 5.75 Å². The molecule has 0 unspecified atom stereocenters. The van der Waals surface area contributed by atoms with Crippen LogP contribution in [0, 0.1) is 13.8 Å². The highest BCUT2D eigenvalue weighted by molar-refractivity contribution is 7.99. The molecule has 21 heavy (non-hydrogen) atoms. The Labute approximate surface area is 127 Å². The quantitative estimate of drug-likeness (QED) is 0.630. The summed E-state index contributed by atoms with van der Waals surface area (Å²) < 4.78 is 1.97. The number of nitrogens with one attached hydrogen (secondary N) is 1. The molecule has 0 spiro atoms. The molecule has 112 valence electrons. The van der Waals surface area contributed by atoms with E-state index in [9.17, 15) is 9.90 Å². The number of hydrogen-bond donors (Lipinski definition) is 2. The van der Waals surface area contributed by atoms with Crippen molar-refractivity contribution in [1.29, 1.82) is 0 Å². The molecule has 3 rings (SSSR count). The summed E-state index contributed by atoms with van der Waals surface area (Å²) in [6.45, 7) is 3.73. The summed E-state index contributed by atoms with van der Waals surface area (Å²) in [5.74, 6) is 0.993. The van der Waals surface area contributed by atoms with Crippen molar-refractivity contribution in [3.8, 4) is 0 Å². The number of aryl methyl sites for hydroxylation is 2. The van der Waals surface area contributed by atoms with Gasteiger partial charge < -0.3 is 14.7 Å². The minimum Gasteiger partial charge on any atom is -0.388 e. The topological polar surface area (TPSA) is 83.8 Å². The average molecular weight is 306 g/mol. The molecule has 2 N–H and O–H groups in total. The van der Waals surface area contributed by atoms with Gasteiger partial charge in [0.2, 0.25) is 0 Å². The molecule has 6 nitrogen and oxygen atoms in total. The maximum atomic E-state index is 12.3. The Bertz CT molecular complexity index is 673. The number of aliphatic hydroxyl groups excluding tert-OH is 1. The molecule has 2 aromatic rings. The van der Waals surface area contributed by atoms with Gasteiger partial charge in [-0.15, -0.1) is 10.2 Å². The van der Waals surface area contributed by atoms with E-state index < -0.39 is 0 Å². The van der Waals surface area contributed by atoms with E-state index in [4.69, 9.17) is 0 Å². The van der Waals surface area contributed by atoms with Gasteiger partial charge in [0.1, 0.15) is 6.61 Å². The van der Waals surface area contributed by atoms with Gasteiger partial charge in [-0.3, -0.25) is 4.79 Å². The second-order valence-electron chi connectivity index (χ2n) is 5.36. The van der Waals surface area contributed by atoms with Crippen molar-refractivity contribution in [1.82, 2.24) is 19.7 Å². The first kappa shape index (κ1) is 14.3. The molecule has 7 heteroatoms. The van der Waals surface area contributed by atoms with E-state index in [1.54, 1.807) is 0 Å². The van der Waals surface area contributed by atoms with E-state index in [2.05, 4.69) is 15.2 Å². The van der Waals surface area contributed by atoms with Crippen LogP contribution in [-0.2, 0) is 6.61 Å². The Hall–Kier alpha value is -1.60.